The van der Waals surface area contributed by atoms with Crippen molar-refractivity contribution in [3.8, 4) is 0 Å². The van der Waals surface area contributed by atoms with Crippen molar-refractivity contribution in [2.24, 2.45) is 11.8 Å². The molecule has 2 aromatic rings. The van der Waals surface area contributed by atoms with Crippen molar-refractivity contribution in [1.29, 1.82) is 0 Å². The summed E-state index contributed by atoms with van der Waals surface area (Å²) >= 11 is 0. The first-order valence-electron chi connectivity index (χ1n) is 8.65. The topological polar surface area (TPSA) is 55.8 Å². The zero-order chi connectivity index (χ0) is 18.5. The number of ether oxygens (including phenoxy) is 2. The molecular formula is C21H23NO4. The standard InChI is InChI=1S/C21H23NO4/c1-25-20(23)18(21(24)26-2)17-13-22(14-17)19(15-9-5-3-6-10-15)16-11-7-4-8-12-16/h3-12,17-19H,13-14H2,1-2H3. The lowest BCUT2D eigenvalue weighted by molar-refractivity contribution is -0.165. The highest BCUT2D eigenvalue weighted by Gasteiger charge is 2.45. The van der Waals surface area contributed by atoms with Gasteiger partial charge in [0.15, 0.2) is 5.92 Å². The van der Waals surface area contributed by atoms with Crippen molar-refractivity contribution in [1.82, 2.24) is 4.90 Å². The van der Waals surface area contributed by atoms with Crippen molar-refractivity contribution < 1.29 is 19.1 Å². The van der Waals surface area contributed by atoms with Crippen LogP contribution < -0.4 is 0 Å². The Labute approximate surface area is 153 Å². The van der Waals surface area contributed by atoms with Gasteiger partial charge in [-0.25, -0.2) is 0 Å². The average Bonchev–Trinajstić information content (AvgIpc) is 2.67. The number of likely N-dealkylation sites (tertiary alicyclic amines) is 1. The Morgan fingerprint density at radius 3 is 1.65 bits per heavy atom. The van der Waals surface area contributed by atoms with E-state index >= 15 is 0 Å². The zero-order valence-electron chi connectivity index (χ0n) is 15.0. The summed E-state index contributed by atoms with van der Waals surface area (Å²) in [5.74, 6) is -2.03. The van der Waals surface area contributed by atoms with Crippen molar-refractivity contribution in [3.05, 3.63) is 71.8 Å². The van der Waals surface area contributed by atoms with Crippen molar-refractivity contribution in [2.45, 2.75) is 6.04 Å². The largest absolute Gasteiger partial charge is 0.468 e. The number of rotatable bonds is 6. The number of esters is 2. The van der Waals surface area contributed by atoms with E-state index < -0.39 is 17.9 Å². The molecule has 2 aromatic carbocycles. The van der Waals surface area contributed by atoms with Gasteiger partial charge in [-0.1, -0.05) is 60.7 Å². The zero-order valence-corrected chi connectivity index (χ0v) is 15.0. The minimum atomic E-state index is -0.867. The Morgan fingerprint density at radius 2 is 1.27 bits per heavy atom. The maximum absolute atomic E-state index is 12.0. The Morgan fingerprint density at radius 1 is 0.846 bits per heavy atom. The van der Waals surface area contributed by atoms with Crippen LogP contribution in [0.15, 0.2) is 60.7 Å². The first-order valence-corrected chi connectivity index (χ1v) is 8.65. The number of methoxy groups -OCH3 is 2. The van der Waals surface area contributed by atoms with E-state index in [0.29, 0.717) is 13.1 Å². The van der Waals surface area contributed by atoms with Crippen molar-refractivity contribution in [2.75, 3.05) is 27.3 Å². The smallest absolute Gasteiger partial charge is 0.320 e. The van der Waals surface area contributed by atoms with Crippen LogP contribution in [0, 0.1) is 11.8 Å². The third-order valence-electron chi connectivity index (χ3n) is 4.92. The molecule has 1 saturated heterocycles. The number of benzene rings is 2. The molecule has 5 heteroatoms. The van der Waals surface area contributed by atoms with Gasteiger partial charge in [0.25, 0.3) is 0 Å². The first kappa shape index (κ1) is 18.1. The van der Waals surface area contributed by atoms with Crippen LogP contribution in [0.3, 0.4) is 0 Å². The lowest BCUT2D eigenvalue weighted by atomic mass is 9.82. The van der Waals surface area contributed by atoms with Crippen LogP contribution in [0.1, 0.15) is 17.2 Å². The van der Waals surface area contributed by atoms with E-state index in [1.54, 1.807) is 0 Å². The lowest BCUT2D eigenvalue weighted by Gasteiger charge is -2.46. The summed E-state index contributed by atoms with van der Waals surface area (Å²) in [6.45, 7) is 1.26. The molecule has 0 unspecified atom stereocenters. The molecule has 0 radical (unpaired) electrons. The summed E-state index contributed by atoms with van der Waals surface area (Å²) in [6, 6.07) is 20.6. The van der Waals surface area contributed by atoms with Crippen LogP contribution in [-0.4, -0.2) is 44.1 Å². The second kappa shape index (κ2) is 8.15. The van der Waals surface area contributed by atoms with Gasteiger partial charge >= 0.3 is 11.9 Å². The second-order valence-electron chi connectivity index (χ2n) is 6.46. The number of carbonyl (C=O) groups excluding carboxylic acids is 2. The number of hydrogen-bond donors (Lipinski definition) is 0. The second-order valence-corrected chi connectivity index (χ2v) is 6.46. The van der Waals surface area contributed by atoms with E-state index in [-0.39, 0.29) is 12.0 Å². The van der Waals surface area contributed by atoms with E-state index in [0.717, 1.165) is 0 Å². The van der Waals surface area contributed by atoms with Crippen LogP contribution >= 0.6 is 0 Å². The molecule has 0 aliphatic carbocycles. The Kier molecular flexibility index (Phi) is 5.68. The summed E-state index contributed by atoms with van der Waals surface area (Å²) in [5.41, 5.74) is 2.37. The fraction of sp³-hybridized carbons (Fsp3) is 0.333. The number of hydrogen-bond acceptors (Lipinski definition) is 5. The molecule has 3 rings (SSSR count). The van der Waals surface area contributed by atoms with Crippen molar-refractivity contribution >= 4 is 11.9 Å². The predicted molar refractivity (Wildman–Crippen MR) is 97.3 cm³/mol. The lowest BCUT2D eigenvalue weighted by Crippen LogP contribution is -2.55. The van der Waals surface area contributed by atoms with E-state index in [2.05, 4.69) is 29.2 Å². The van der Waals surface area contributed by atoms with E-state index in [1.165, 1.54) is 25.3 Å². The molecule has 0 saturated carbocycles. The Hall–Kier alpha value is -2.66. The van der Waals surface area contributed by atoms with Crippen LogP contribution in [0.4, 0.5) is 0 Å². The molecule has 0 bridgehead atoms. The van der Waals surface area contributed by atoms with Gasteiger partial charge in [0.1, 0.15) is 0 Å². The first-order chi connectivity index (χ1) is 12.7. The molecule has 1 heterocycles. The molecule has 5 nitrogen and oxygen atoms in total. The van der Waals surface area contributed by atoms with E-state index in [4.69, 9.17) is 9.47 Å². The average molecular weight is 353 g/mol. The monoisotopic (exact) mass is 353 g/mol. The SMILES string of the molecule is COC(=O)C(C(=O)OC)C1CN(C(c2ccccc2)c2ccccc2)C1. The normalized spacial score (nSPS) is 14.9. The molecule has 26 heavy (non-hydrogen) atoms. The molecule has 0 spiro atoms. The van der Waals surface area contributed by atoms with Crippen molar-refractivity contribution in [3.63, 3.8) is 0 Å². The highest BCUT2D eigenvalue weighted by molar-refractivity contribution is 5.95. The molecule has 0 aromatic heterocycles. The van der Waals surface area contributed by atoms with Crippen LogP contribution in [0.2, 0.25) is 0 Å². The third-order valence-corrected chi connectivity index (χ3v) is 4.92. The Bertz CT molecular complexity index is 686. The molecule has 1 fully saturated rings. The third kappa shape index (κ3) is 3.63. The Balaban J connectivity index is 1.81. The van der Waals surface area contributed by atoms with Gasteiger partial charge in [-0.05, 0) is 11.1 Å². The molecule has 1 aliphatic rings. The van der Waals surface area contributed by atoms with Crippen LogP contribution in [0.25, 0.3) is 0 Å². The van der Waals surface area contributed by atoms with Crippen LogP contribution in [-0.2, 0) is 19.1 Å². The summed E-state index contributed by atoms with van der Waals surface area (Å²) in [5, 5.41) is 0. The van der Waals surface area contributed by atoms with Gasteiger partial charge in [-0.3, -0.25) is 14.5 Å². The van der Waals surface area contributed by atoms with Gasteiger partial charge in [0.2, 0.25) is 0 Å². The molecule has 1 aliphatic heterocycles. The van der Waals surface area contributed by atoms with E-state index in [9.17, 15) is 9.59 Å². The fourth-order valence-electron chi connectivity index (χ4n) is 3.59. The molecule has 136 valence electrons. The summed E-state index contributed by atoms with van der Waals surface area (Å²) in [4.78, 5) is 26.3. The van der Waals surface area contributed by atoms with E-state index in [1.807, 2.05) is 36.4 Å². The fourth-order valence-corrected chi connectivity index (χ4v) is 3.59. The summed E-state index contributed by atoms with van der Waals surface area (Å²) in [6.07, 6.45) is 0. The highest BCUT2D eigenvalue weighted by atomic mass is 16.5. The van der Waals surface area contributed by atoms with Gasteiger partial charge in [0.05, 0.1) is 20.3 Å². The van der Waals surface area contributed by atoms with Gasteiger partial charge in [0, 0.05) is 19.0 Å². The number of nitrogens with zero attached hydrogens (tertiary/aromatic N) is 1. The van der Waals surface area contributed by atoms with Gasteiger partial charge < -0.3 is 9.47 Å². The van der Waals surface area contributed by atoms with Gasteiger partial charge in [-0.15, -0.1) is 0 Å². The minimum Gasteiger partial charge on any atom is -0.468 e. The maximum atomic E-state index is 12.0. The predicted octanol–water partition coefficient (Wildman–Crippen LogP) is 2.67. The minimum absolute atomic E-state index is 0.0876. The molecule has 0 atom stereocenters. The summed E-state index contributed by atoms with van der Waals surface area (Å²) < 4.78 is 9.60. The quantitative estimate of drug-likeness (QED) is 0.590. The molecule has 0 N–H and O–H groups in total. The van der Waals surface area contributed by atoms with Gasteiger partial charge in [-0.2, -0.15) is 0 Å². The molecular weight excluding hydrogens is 330 g/mol. The number of carbonyl (C=O) groups is 2. The highest BCUT2D eigenvalue weighted by Crippen LogP contribution is 2.37. The maximum Gasteiger partial charge on any atom is 0.320 e. The summed E-state index contributed by atoms with van der Waals surface area (Å²) in [7, 11) is 2.59. The molecule has 0 amide bonds. The van der Waals surface area contributed by atoms with Crippen LogP contribution in [0.5, 0.6) is 0 Å².